The lowest BCUT2D eigenvalue weighted by Gasteiger charge is -2.08. The Balaban J connectivity index is 3.26. The number of esters is 1. The second-order valence-corrected chi connectivity index (χ2v) is 5.79. The van der Waals surface area contributed by atoms with Gasteiger partial charge >= 0.3 is 5.97 Å². The Morgan fingerprint density at radius 2 is 1.59 bits per heavy atom. The minimum absolute atomic E-state index is 0.115. The molecule has 0 saturated heterocycles. The molecule has 0 aromatic heterocycles. The number of hydrogen-bond donors (Lipinski definition) is 2. The highest BCUT2D eigenvalue weighted by atomic mass is 16.5. The van der Waals surface area contributed by atoms with E-state index in [0.29, 0.717) is 6.42 Å². The number of carbonyl (C=O) groups excluding carboxylic acids is 1. The molecule has 0 aliphatic carbocycles. The molecule has 0 amide bonds. The zero-order chi connectivity index (χ0) is 16.5. The third kappa shape index (κ3) is 15.5. The number of ether oxygens (including phenoxy) is 1. The van der Waals surface area contributed by atoms with E-state index >= 15 is 0 Å². The van der Waals surface area contributed by atoms with Crippen molar-refractivity contribution in [2.75, 3.05) is 13.2 Å². The van der Waals surface area contributed by atoms with Crippen LogP contribution < -0.4 is 0 Å². The quantitative estimate of drug-likeness (QED) is 0.274. The van der Waals surface area contributed by atoms with E-state index in [1.165, 1.54) is 38.5 Å². The van der Waals surface area contributed by atoms with Gasteiger partial charge in [-0.3, -0.25) is 4.79 Å². The lowest BCUT2D eigenvalue weighted by atomic mass is 10.1. The maximum Gasteiger partial charge on any atom is 0.305 e. The molecule has 0 spiro atoms. The fourth-order valence-electron chi connectivity index (χ4n) is 2.12. The number of hydrogen-bond acceptors (Lipinski definition) is 4. The molecule has 0 bridgehead atoms. The molecule has 0 aliphatic rings. The van der Waals surface area contributed by atoms with Crippen LogP contribution in [0.1, 0.15) is 77.6 Å². The summed E-state index contributed by atoms with van der Waals surface area (Å²) in [5.41, 5.74) is 0. The summed E-state index contributed by atoms with van der Waals surface area (Å²) in [7, 11) is 0. The fraction of sp³-hybridized carbons (Fsp3) is 0.833. The molecule has 4 heteroatoms. The number of aliphatic hydroxyl groups is 2. The van der Waals surface area contributed by atoms with Gasteiger partial charge < -0.3 is 14.9 Å². The summed E-state index contributed by atoms with van der Waals surface area (Å²) in [6.07, 6.45) is 15.8. The SMILES string of the molecule is CCCCCCC/C=C\CCCCCC(=O)OC[C@@H](O)CO. The zero-order valence-corrected chi connectivity index (χ0v) is 14.1. The first-order valence-corrected chi connectivity index (χ1v) is 8.80. The van der Waals surface area contributed by atoms with Gasteiger partial charge in [0.2, 0.25) is 0 Å². The number of rotatable bonds is 15. The molecular weight excluding hydrogens is 280 g/mol. The van der Waals surface area contributed by atoms with Gasteiger partial charge in [0.05, 0.1) is 6.61 Å². The van der Waals surface area contributed by atoms with Gasteiger partial charge in [-0.2, -0.15) is 0 Å². The lowest BCUT2D eigenvalue weighted by Crippen LogP contribution is -2.21. The molecule has 0 aliphatic heterocycles. The Morgan fingerprint density at radius 1 is 1.00 bits per heavy atom. The van der Waals surface area contributed by atoms with Crippen molar-refractivity contribution in [2.24, 2.45) is 0 Å². The predicted molar refractivity (Wildman–Crippen MR) is 89.7 cm³/mol. The highest BCUT2D eigenvalue weighted by molar-refractivity contribution is 5.69. The van der Waals surface area contributed by atoms with Crippen molar-refractivity contribution in [2.45, 2.75) is 83.7 Å². The minimum atomic E-state index is -0.962. The zero-order valence-electron chi connectivity index (χ0n) is 14.1. The molecule has 130 valence electrons. The summed E-state index contributed by atoms with van der Waals surface area (Å²) in [5, 5.41) is 17.6. The van der Waals surface area contributed by atoms with Crippen molar-refractivity contribution < 1.29 is 19.7 Å². The Bertz CT molecular complexity index is 276. The normalized spacial score (nSPS) is 12.7. The summed E-state index contributed by atoms with van der Waals surface area (Å²) in [4.78, 5) is 11.3. The summed E-state index contributed by atoms with van der Waals surface area (Å²) in [5.74, 6) is -0.296. The van der Waals surface area contributed by atoms with Crippen molar-refractivity contribution in [3.63, 3.8) is 0 Å². The average Bonchev–Trinajstić information content (AvgIpc) is 2.53. The minimum Gasteiger partial charge on any atom is -0.463 e. The van der Waals surface area contributed by atoms with Gasteiger partial charge in [-0.25, -0.2) is 0 Å². The van der Waals surface area contributed by atoms with E-state index in [2.05, 4.69) is 19.1 Å². The van der Waals surface area contributed by atoms with Gasteiger partial charge in [0.1, 0.15) is 12.7 Å². The van der Waals surface area contributed by atoms with Gasteiger partial charge in [-0.15, -0.1) is 0 Å². The summed E-state index contributed by atoms with van der Waals surface area (Å²) in [6.45, 7) is 1.74. The number of aliphatic hydroxyl groups excluding tert-OH is 2. The first-order valence-electron chi connectivity index (χ1n) is 8.80. The third-order valence-electron chi connectivity index (χ3n) is 3.54. The number of allylic oxidation sites excluding steroid dienone is 2. The van der Waals surface area contributed by atoms with Gasteiger partial charge in [-0.1, -0.05) is 51.2 Å². The van der Waals surface area contributed by atoms with Crippen molar-refractivity contribution in [1.29, 1.82) is 0 Å². The number of unbranched alkanes of at least 4 members (excludes halogenated alkanes) is 8. The summed E-state index contributed by atoms with van der Waals surface area (Å²) in [6, 6.07) is 0. The van der Waals surface area contributed by atoms with E-state index in [-0.39, 0.29) is 19.2 Å². The summed E-state index contributed by atoms with van der Waals surface area (Å²) < 4.78 is 4.83. The third-order valence-corrected chi connectivity index (χ3v) is 3.54. The largest absolute Gasteiger partial charge is 0.463 e. The fourth-order valence-corrected chi connectivity index (χ4v) is 2.12. The van der Waals surface area contributed by atoms with E-state index in [1.54, 1.807) is 0 Å². The molecule has 0 heterocycles. The van der Waals surface area contributed by atoms with Crippen molar-refractivity contribution in [3.05, 3.63) is 12.2 Å². The maximum absolute atomic E-state index is 11.3. The van der Waals surface area contributed by atoms with Gasteiger partial charge in [0, 0.05) is 6.42 Å². The Hall–Kier alpha value is -0.870. The smallest absolute Gasteiger partial charge is 0.305 e. The van der Waals surface area contributed by atoms with Crippen LogP contribution in [-0.2, 0) is 9.53 Å². The predicted octanol–water partition coefficient (Wildman–Crippen LogP) is 3.75. The van der Waals surface area contributed by atoms with Crippen LogP contribution in [0.3, 0.4) is 0 Å². The first kappa shape index (κ1) is 21.1. The van der Waals surface area contributed by atoms with Crippen LogP contribution in [0.2, 0.25) is 0 Å². The second kappa shape index (κ2) is 16.5. The standard InChI is InChI=1S/C18H34O4/c1-2-3-4-5-6-7-8-9-10-11-12-13-14-18(21)22-16-17(20)15-19/h8-9,17,19-20H,2-7,10-16H2,1H3/b9-8-/t17-/m0/s1. The molecular formula is C18H34O4. The van der Waals surface area contributed by atoms with E-state index in [4.69, 9.17) is 14.9 Å². The van der Waals surface area contributed by atoms with Crippen LogP contribution in [0.5, 0.6) is 0 Å². The average molecular weight is 314 g/mol. The summed E-state index contributed by atoms with van der Waals surface area (Å²) >= 11 is 0. The highest BCUT2D eigenvalue weighted by Crippen LogP contribution is 2.08. The van der Waals surface area contributed by atoms with Gasteiger partial charge in [0.25, 0.3) is 0 Å². The lowest BCUT2D eigenvalue weighted by molar-refractivity contribution is -0.147. The monoisotopic (exact) mass is 314 g/mol. The molecule has 0 fully saturated rings. The Labute approximate surface area is 135 Å². The Morgan fingerprint density at radius 3 is 2.18 bits per heavy atom. The molecule has 1 atom stereocenters. The Kier molecular flexibility index (Phi) is 15.8. The molecule has 22 heavy (non-hydrogen) atoms. The van der Waals surface area contributed by atoms with E-state index < -0.39 is 6.10 Å². The topological polar surface area (TPSA) is 66.8 Å². The molecule has 4 nitrogen and oxygen atoms in total. The van der Waals surface area contributed by atoms with Crippen LogP contribution >= 0.6 is 0 Å². The second-order valence-electron chi connectivity index (χ2n) is 5.79. The van der Waals surface area contributed by atoms with E-state index in [9.17, 15) is 4.79 Å². The molecule has 0 saturated carbocycles. The van der Waals surface area contributed by atoms with Crippen LogP contribution in [0.15, 0.2) is 12.2 Å². The maximum atomic E-state index is 11.3. The van der Waals surface area contributed by atoms with E-state index in [0.717, 1.165) is 25.7 Å². The molecule has 0 radical (unpaired) electrons. The van der Waals surface area contributed by atoms with Crippen molar-refractivity contribution in [3.8, 4) is 0 Å². The molecule has 0 aromatic carbocycles. The molecule has 2 N–H and O–H groups in total. The van der Waals surface area contributed by atoms with Gasteiger partial charge in [0.15, 0.2) is 0 Å². The first-order chi connectivity index (χ1) is 10.7. The number of carbonyl (C=O) groups is 1. The van der Waals surface area contributed by atoms with Crippen LogP contribution in [0.25, 0.3) is 0 Å². The van der Waals surface area contributed by atoms with E-state index in [1.807, 2.05) is 0 Å². The van der Waals surface area contributed by atoms with Crippen molar-refractivity contribution >= 4 is 5.97 Å². The van der Waals surface area contributed by atoms with Crippen LogP contribution in [0.4, 0.5) is 0 Å². The van der Waals surface area contributed by atoms with Crippen LogP contribution in [-0.4, -0.2) is 35.5 Å². The molecule has 0 unspecified atom stereocenters. The molecule has 0 rings (SSSR count). The van der Waals surface area contributed by atoms with Crippen LogP contribution in [0, 0.1) is 0 Å². The van der Waals surface area contributed by atoms with Gasteiger partial charge in [-0.05, 0) is 32.1 Å². The van der Waals surface area contributed by atoms with Crippen molar-refractivity contribution in [1.82, 2.24) is 0 Å². The molecule has 0 aromatic rings. The highest BCUT2D eigenvalue weighted by Gasteiger charge is 2.07.